The van der Waals surface area contributed by atoms with E-state index < -0.39 is 66.7 Å². The third-order valence-corrected chi connectivity index (χ3v) is 19.9. The van der Waals surface area contributed by atoms with E-state index in [9.17, 15) is 29.4 Å². The highest BCUT2D eigenvalue weighted by atomic mass is 33.1. The van der Waals surface area contributed by atoms with Crippen molar-refractivity contribution in [3.05, 3.63) is 59.7 Å². The predicted molar refractivity (Wildman–Crippen MR) is 180 cm³/mol. The number of fused-ring (bicyclic) bond motifs is 11. The van der Waals surface area contributed by atoms with Gasteiger partial charge in [-0.05, 0) is 58.2 Å². The molecule has 12 nitrogen and oxygen atoms in total. The van der Waals surface area contributed by atoms with Crippen molar-refractivity contribution in [1.82, 2.24) is 19.6 Å². The van der Waals surface area contributed by atoms with Crippen molar-refractivity contribution in [2.45, 2.75) is 75.1 Å². The second kappa shape index (κ2) is 8.33. The number of hydrogen-bond acceptors (Lipinski definition) is 12. The topological polar surface area (TPSA) is 146 Å². The van der Waals surface area contributed by atoms with Crippen molar-refractivity contribution in [2.75, 3.05) is 24.7 Å². The fourth-order valence-electron chi connectivity index (χ4n) is 10.2. The van der Waals surface area contributed by atoms with E-state index in [2.05, 4.69) is 10.6 Å². The van der Waals surface area contributed by atoms with Gasteiger partial charge in [0.25, 0.3) is 23.6 Å². The van der Waals surface area contributed by atoms with E-state index in [4.69, 9.17) is 0 Å². The summed E-state index contributed by atoms with van der Waals surface area (Å²) < 4.78 is 0. The molecule has 8 fully saturated rings. The van der Waals surface area contributed by atoms with Crippen LogP contribution in [0.15, 0.2) is 48.5 Å². The molecule has 2 aromatic carbocycles. The molecule has 2 aromatic rings. The zero-order chi connectivity index (χ0) is 32.8. The lowest BCUT2D eigenvalue weighted by Crippen LogP contribution is -2.78. The van der Waals surface area contributed by atoms with Crippen molar-refractivity contribution < 1.29 is 29.4 Å². The van der Waals surface area contributed by atoms with Gasteiger partial charge in [0.1, 0.15) is 24.5 Å². The van der Waals surface area contributed by atoms with Crippen LogP contribution < -0.4 is 10.6 Å². The molecular weight excluding hydrogens is 681 g/mol. The summed E-state index contributed by atoms with van der Waals surface area (Å²) in [5.74, 6) is -1.46. The van der Waals surface area contributed by atoms with Gasteiger partial charge in [-0.3, -0.25) is 29.0 Å². The fraction of sp³-hybridized carbons (Fsp3) is 0.484. The Bertz CT molecular complexity index is 1920. The second-order valence-corrected chi connectivity index (χ2v) is 19.0. The first-order valence-electron chi connectivity index (χ1n) is 15.5. The highest BCUT2D eigenvalue weighted by molar-refractivity contribution is 8.78. The number of likely N-dealkylation sites (N-methyl/N-ethyl adjacent to an activating group) is 2. The zero-order valence-corrected chi connectivity index (χ0v) is 28.9. The number of nitrogens with zero attached hydrogens (tertiary/aromatic N) is 4. The van der Waals surface area contributed by atoms with E-state index in [1.807, 2.05) is 55.5 Å². The van der Waals surface area contributed by atoms with Crippen molar-refractivity contribution >= 4 is 78.2 Å². The Labute approximate surface area is 285 Å². The summed E-state index contributed by atoms with van der Waals surface area (Å²) in [5, 5.41) is 33.8. The average Bonchev–Trinajstić information content (AvgIpc) is 3.72. The van der Waals surface area contributed by atoms with Crippen LogP contribution in [0.2, 0.25) is 0 Å². The minimum atomic E-state index is -1.76. The summed E-state index contributed by atoms with van der Waals surface area (Å²) >= 11 is 0. The molecule has 10 atom stereocenters. The van der Waals surface area contributed by atoms with Crippen LogP contribution in [0.5, 0.6) is 0 Å². The maximum absolute atomic E-state index is 14.9. The van der Waals surface area contributed by atoms with Gasteiger partial charge in [-0.1, -0.05) is 64.9 Å². The second-order valence-electron chi connectivity index (χ2n) is 13.7. The van der Waals surface area contributed by atoms with Crippen LogP contribution in [-0.4, -0.2) is 112 Å². The molecule has 0 saturated carbocycles. The van der Waals surface area contributed by atoms with Crippen LogP contribution in [0.1, 0.15) is 31.4 Å². The Morgan fingerprint density at radius 1 is 0.681 bits per heavy atom. The number of piperazine rings is 2. The molecule has 12 rings (SSSR count). The predicted octanol–water partition coefficient (Wildman–Crippen LogP) is 1.72. The van der Waals surface area contributed by atoms with Crippen LogP contribution in [-0.2, 0) is 30.0 Å². The molecule has 47 heavy (non-hydrogen) atoms. The van der Waals surface area contributed by atoms with Gasteiger partial charge in [0.2, 0.25) is 9.74 Å². The van der Waals surface area contributed by atoms with E-state index in [-0.39, 0.29) is 11.8 Å². The molecule has 2 spiro atoms. The van der Waals surface area contributed by atoms with E-state index >= 15 is 0 Å². The van der Waals surface area contributed by atoms with Crippen LogP contribution >= 0.6 is 43.2 Å². The van der Waals surface area contributed by atoms with Crippen LogP contribution in [0, 0.1) is 0 Å². The van der Waals surface area contributed by atoms with Crippen molar-refractivity contribution in [3.63, 3.8) is 0 Å². The smallest absolute Gasteiger partial charge is 0.264 e. The molecule has 16 heteroatoms. The van der Waals surface area contributed by atoms with Crippen molar-refractivity contribution in [3.8, 4) is 0 Å². The van der Waals surface area contributed by atoms with E-state index in [0.29, 0.717) is 28.9 Å². The summed E-state index contributed by atoms with van der Waals surface area (Å²) in [4.78, 5) is 58.8. The standard InChI is InChI=1S/C31H30N6O6S4/c1-5-27-23(41)37-21-29(15-11-7-9-13-17(15)33-21,19(39)31(37,47-45-27)25(43)35(27)4)28-14-10-6-8-12-16(14)32-20(28)36-22(40)26(2)34(3)24(42)30(36,18(28)38)46-44-26/h6-13,18-21,32-33,38-39H,5H2,1-4H3/t18-,19-,20+,21+,26-,27-,28+,29?,30-,31-/m0/s1. The molecular formula is C31H30N6O6S4. The molecule has 0 aliphatic carbocycles. The summed E-state index contributed by atoms with van der Waals surface area (Å²) in [6.07, 6.45) is -4.86. The van der Waals surface area contributed by atoms with E-state index in [0.717, 1.165) is 0 Å². The maximum Gasteiger partial charge on any atom is 0.264 e. The number of aliphatic hydroxyl groups is 2. The lowest BCUT2D eigenvalue weighted by Gasteiger charge is -2.58. The largest absolute Gasteiger partial charge is 0.388 e. The Morgan fingerprint density at radius 3 is 1.68 bits per heavy atom. The highest BCUT2D eigenvalue weighted by Crippen LogP contribution is 2.78. The Balaban J connectivity index is 1.35. The van der Waals surface area contributed by atoms with Gasteiger partial charge in [-0.2, -0.15) is 0 Å². The lowest BCUT2D eigenvalue weighted by molar-refractivity contribution is -0.167. The van der Waals surface area contributed by atoms with Gasteiger partial charge < -0.3 is 30.6 Å². The third-order valence-electron chi connectivity index (χ3n) is 12.4. The number of nitrogens with one attached hydrogen (secondary N) is 2. The summed E-state index contributed by atoms with van der Waals surface area (Å²) in [5.41, 5.74) is -0.761. The lowest BCUT2D eigenvalue weighted by atomic mass is 9.52. The van der Waals surface area contributed by atoms with Gasteiger partial charge in [-0.15, -0.1) is 0 Å². The monoisotopic (exact) mass is 710 g/mol. The van der Waals surface area contributed by atoms with Gasteiger partial charge in [0, 0.05) is 25.5 Å². The minimum absolute atomic E-state index is 0.307. The number of carbonyl (C=O) groups excluding carboxylic acids is 4. The molecule has 1 unspecified atom stereocenters. The van der Waals surface area contributed by atoms with Crippen LogP contribution in [0.25, 0.3) is 0 Å². The Morgan fingerprint density at radius 2 is 1.15 bits per heavy atom. The molecule has 0 radical (unpaired) electrons. The first-order valence-corrected chi connectivity index (χ1v) is 19.8. The summed E-state index contributed by atoms with van der Waals surface area (Å²) in [7, 11) is 8.09. The molecule has 10 aliphatic rings. The number of benzene rings is 2. The summed E-state index contributed by atoms with van der Waals surface area (Å²) in [6.45, 7) is 3.58. The quantitative estimate of drug-likeness (QED) is 0.337. The number of para-hydroxylation sites is 2. The van der Waals surface area contributed by atoms with Crippen molar-refractivity contribution in [1.29, 1.82) is 0 Å². The Hall–Kier alpha value is -2.76. The minimum Gasteiger partial charge on any atom is -0.388 e. The number of rotatable bonds is 2. The molecule has 10 aliphatic heterocycles. The number of anilines is 2. The first-order chi connectivity index (χ1) is 22.4. The average molecular weight is 711 g/mol. The number of aliphatic hydroxyl groups excluding tert-OH is 2. The molecule has 0 aromatic heterocycles. The normalized spacial score (nSPS) is 46.3. The Kier molecular flexibility index (Phi) is 5.17. The van der Waals surface area contributed by atoms with Gasteiger partial charge in [-0.25, -0.2) is 0 Å². The number of amides is 4. The van der Waals surface area contributed by atoms with Gasteiger partial charge in [0.15, 0.2) is 9.74 Å². The fourth-order valence-corrected chi connectivity index (χ4v) is 17.6. The maximum atomic E-state index is 14.9. The van der Waals surface area contributed by atoms with Crippen LogP contribution in [0.4, 0.5) is 11.4 Å². The van der Waals surface area contributed by atoms with E-state index in [1.54, 1.807) is 21.0 Å². The zero-order valence-electron chi connectivity index (χ0n) is 25.6. The van der Waals surface area contributed by atoms with Crippen molar-refractivity contribution in [2.24, 2.45) is 0 Å². The van der Waals surface area contributed by atoms with Gasteiger partial charge in [0.05, 0.1) is 10.8 Å². The number of hydrogen-bond donors (Lipinski definition) is 4. The SMILES string of the molecule is CC[C@@]12SS[C@]3(C(=O)N1C)[C@@H](O)C1([C@@]45c6ccccc6N[C@@H]4N4C(=O)[C@]6(C)SS[C@]4(C(=O)N6C)[C@H]5O)c4ccccc4N[C@@H]1N3C2=O. The molecule has 8 saturated heterocycles. The first kappa shape index (κ1) is 29.2. The van der Waals surface area contributed by atoms with Gasteiger partial charge >= 0.3 is 0 Å². The molecule has 244 valence electrons. The molecule has 4 bridgehead atoms. The number of carbonyl (C=O) groups is 4. The highest BCUT2D eigenvalue weighted by Gasteiger charge is 2.93. The summed E-state index contributed by atoms with van der Waals surface area (Å²) in [6, 6.07) is 14.8. The molecule has 4 N–H and O–H groups in total. The van der Waals surface area contributed by atoms with Crippen LogP contribution in [0.3, 0.4) is 0 Å². The van der Waals surface area contributed by atoms with E-state index in [1.165, 1.54) is 62.8 Å². The molecule has 10 heterocycles. The molecule has 4 amide bonds. The third kappa shape index (κ3) is 2.45.